The summed E-state index contributed by atoms with van der Waals surface area (Å²) in [6.45, 7) is 6.14. The van der Waals surface area contributed by atoms with Crippen molar-refractivity contribution >= 4 is 5.97 Å². The minimum atomic E-state index is -0.353. The van der Waals surface area contributed by atoms with Gasteiger partial charge in [0.2, 0.25) is 0 Å². The third-order valence-corrected chi connectivity index (χ3v) is 2.94. The molecule has 0 aliphatic carbocycles. The Kier molecular flexibility index (Phi) is 4.63. The molecule has 1 unspecified atom stereocenters. The van der Waals surface area contributed by atoms with Gasteiger partial charge in [0, 0.05) is 23.3 Å². The van der Waals surface area contributed by atoms with Gasteiger partial charge in [0.15, 0.2) is 0 Å². The summed E-state index contributed by atoms with van der Waals surface area (Å²) in [5.41, 5.74) is 6.61. The maximum absolute atomic E-state index is 11.4. The van der Waals surface area contributed by atoms with Crippen LogP contribution in [0.4, 0.5) is 0 Å². The van der Waals surface area contributed by atoms with Crippen LogP contribution in [-0.4, -0.2) is 23.6 Å². The van der Waals surface area contributed by atoms with Gasteiger partial charge in [-0.3, -0.25) is 9.78 Å². The van der Waals surface area contributed by atoms with Crippen molar-refractivity contribution < 1.29 is 9.53 Å². The standard InChI is InChI=1S/C13H20N2O2/c1-4-17-12(16)9-10(14)13(2,3)11-7-5-6-8-15-11/h5-8,10H,4,9,14H2,1-3H3. The van der Waals surface area contributed by atoms with Crippen LogP contribution in [0.2, 0.25) is 0 Å². The second kappa shape index (κ2) is 5.77. The minimum absolute atomic E-state index is 0.206. The van der Waals surface area contributed by atoms with Gasteiger partial charge in [-0.05, 0) is 19.1 Å². The van der Waals surface area contributed by atoms with E-state index < -0.39 is 0 Å². The molecule has 0 saturated heterocycles. The zero-order valence-electron chi connectivity index (χ0n) is 10.6. The van der Waals surface area contributed by atoms with Crippen LogP contribution in [0, 0.1) is 0 Å². The average molecular weight is 236 g/mol. The first kappa shape index (κ1) is 13.6. The zero-order valence-corrected chi connectivity index (χ0v) is 10.6. The summed E-state index contributed by atoms with van der Waals surface area (Å²) in [5.74, 6) is -0.260. The van der Waals surface area contributed by atoms with Gasteiger partial charge in [-0.25, -0.2) is 0 Å². The molecule has 0 aromatic carbocycles. The molecule has 0 bridgehead atoms. The van der Waals surface area contributed by atoms with Crippen molar-refractivity contribution in [2.24, 2.45) is 5.73 Å². The monoisotopic (exact) mass is 236 g/mol. The molecule has 1 rings (SSSR count). The molecule has 94 valence electrons. The van der Waals surface area contributed by atoms with Crippen LogP contribution in [0.3, 0.4) is 0 Å². The summed E-state index contributed by atoms with van der Waals surface area (Å²) in [5, 5.41) is 0. The van der Waals surface area contributed by atoms with Gasteiger partial charge in [0.25, 0.3) is 0 Å². The lowest BCUT2D eigenvalue weighted by molar-refractivity contribution is -0.143. The number of rotatable bonds is 5. The topological polar surface area (TPSA) is 65.2 Å². The van der Waals surface area contributed by atoms with Crippen LogP contribution < -0.4 is 5.73 Å². The van der Waals surface area contributed by atoms with Gasteiger partial charge in [-0.2, -0.15) is 0 Å². The second-order valence-electron chi connectivity index (χ2n) is 4.55. The number of hydrogen-bond donors (Lipinski definition) is 1. The molecule has 0 radical (unpaired) electrons. The van der Waals surface area contributed by atoms with E-state index in [0.29, 0.717) is 6.61 Å². The Morgan fingerprint density at radius 3 is 2.76 bits per heavy atom. The molecule has 4 heteroatoms. The third kappa shape index (κ3) is 3.53. The highest BCUT2D eigenvalue weighted by Crippen LogP contribution is 2.25. The van der Waals surface area contributed by atoms with E-state index in [-0.39, 0.29) is 23.8 Å². The predicted molar refractivity (Wildman–Crippen MR) is 66.5 cm³/mol. The van der Waals surface area contributed by atoms with Gasteiger partial charge < -0.3 is 10.5 Å². The number of nitrogens with zero attached hydrogens (tertiary/aromatic N) is 1. The van der Waals surface area contributed by atoms with Crippen molar-refractivity contribution in [3.05, 3.63) is 30.1 Å². The average Bonchev–Trinajstić information content (AvgIpc) is 2.30. The van der Waals surface area contributed by atoms with Crippen LogP contribution in [-0.2, 0) is 14.9 Å². The second-order valence-corrected chi connectivity index (χ2v) is 4.55. The molecule has 0 spiro atoms. The largest absolute Gasteiger partial charge is 0.466 e. The summed E-state index contributed by atoms with van der Waals surface area (Å²) in [6.07, 6.45) is 1.94. The maximum atomic E-state index is 11.4. The number of ether oxygens (including phenoxy) is 1. The molecular formula is C13H20N2O2. The first-order chi connectivity index (χ1) is 7.98. The Bertz CT molecular complexity index is 363. The van der Waals surface area contributed by atoms with Crippen LogP contribution >= 0.6 is 0 Å². The van der Waals surface area contributed by atoms with E-state index >= 15 is 0 Å². The molecule has 2 N–H and O–H groups in total. The van der Waals surface area contributed by atoms with Crippen LogP contribution in [0.5, 0.6) is 0 Å². The Morgan fingerprint density at radius 1 is 1.53 bits per heavy atom. The van der Waals surface area contributed by atoms with E-state index in [9.17, 15) is 4.79 Å². The van der Waals surface area contributed by atoms with E-state index in [1.807, 2.05) is 32.0 Å². The first-order valence-corrected chi connectivity index (χ1v) is 5.81. The van der Waals surface area contributed by atoms with Gasteiger partial charge in [-0.1, -0.05) is 19.9 Å². The molecule has 0 saturated carbocycles. The smallest absolute Gasteiger partial charge is 0.307 e. The number of esters is 1. The Hall–Kier alpha value is -1.42. The summed E-state index contributed by atoms with van der Waals surface area (Å²) < 4.78 is 4.90. The van der Waals surface area contributed by atoms with Gasteiger partial charge in [0.05, 0.1) is 13.0 Å². The lowest BCUT2D eigenvalue weighted by Crippen LogP contribution is -2.43. The molecule has 1 heterocycles. The van der Waals surface area contributed by atoms with Crippen LogP contribution in [0.25, 0.3) is 0 Å². The van der Waals surface area contributed by atoms with E-state index in [4.69, 9.17) is 10.5 Å². The Morgan fingerprint density at radius 2 is 2.24 bits per heavy atom. The van der Waals surface area contributed by atoms with E-state index in [2.05, 4.69) is 4.98 Å². The Balaban J connectivity index is 2.73. The number of hydrogen-bond acceptors (Lipinski definition) is 4. The number of nitrogens with two attached hydrogens (primary N) is 1. The fourth-order valence-electron chi connectivity index (χ4n) is 1.59. The number of aromatic nitrogens is 1. The molecule has 0 amide bonds. The van der Waals surface area contributed by atoms with E-state index in [1.165, 1.54) is 0 Å². The summed E-state index contributed by atoms with van der Waals surface area (Å²) >= 11 is 0. The van der Waals surface area contributed by atoms with Crippen molar-refractivity contribution in [3.63, 3.8) is 0 Å². The number of carbonyl (C=O) groups is 1. The van der Waals surface area contributed by atoms with Crippen molar-refractivity contribution in [2.75, 3.05) is 6.61 Å². The molecule has 1 atom stereocenters. The SMILES string of the molecule is CCOC(=O)CC(N)C(C)(C)c1ccccn1. The molecule has 0 aliphatic rings. The molecule has 17 heavy (non-hydrogen) atoms. The summed E-state index contributed by atoms with van der Waals surface area (Å²) in [7, 11) is 0. The van der Waals surface area contributed by atoms with Crippen LogP contribution in [0.15, 0.2) is 24.4 Å². The maximum Gasteiger partial charge on any atom is 0.307 e. The molecular weight excluding hydrogens is 216 g/mol. The van der Waals surface area contributed by atoms with Crippen molar-refractivity contribution in [2.45, 2.75) is 38.6 Å². The highest BCUT2D eigenvalue weighted by Gasteiger charge is 2.31. The summed E-state index contributed by atoms with van der Waals surface area (Å²) in [6, 6.07) is 5.39. The summed E-state index contributed by atoms with van der Waals surface area (Å²) in [4.78, 5) is 15.7. The highest BCUT2D eigenvalue weighted by atomic mass is 16.5. The molecule has 0 fully saturated rings. The Labute approximate surface area is 102 Å². The normalized spacial score (nSPS) is 13.2. The number of carbonyl (C=O) groups excluding carboxylic acids is 1. The molecule has 1 aromatic rings. The first-order valence-electron chi connectivity index (χ1n) is 5.81. The molecule has 1 aromatic heterocycles. The van der Waals surface area contributed by atoms with Crippen molar-refractivity contribution in [1.82, 2.24) is 4.98 Å². The van der Waals surface area contributed by atoms with Gasteiger partial charge in [-0.15, -0.1) is 0 Å². The molecule has 4 nitrogen and oxygen atoms in total. The van der Waals surface area contributed by atoms with Gasteiger partial charge in [0.1, 0.15) is 0 Å². The molecule has 0 aliphatic heterocycles. The van der Waals surface area contributed by atoms with Crippen molar-refractivity contribution in [1.29, 1.82) is 0 Å². The lowest BCUT2D eigenvalue weighted by atomic mass is 9.80. The third-order valence-electron chi connectivity index (χ3n) is 2.94. The van der Waals surface area contributed by atoms with Gasteiger partial charge >= 0.3 is 5.97 Å². The fraction of sp³-hybridized carbons (Fsp3) is 0.538. The predicted octanol–water partition coefficient (Wildman–Crippen LogP) is 1.64. The minimum Gasteiger partial charge on any atom is -0.466 e. The highest BCUT2D eigenvalue weighted by molar-refractivity contribution is 5.70. The van der Waals surface area contributed by atoms with Crippen molar-refractivity contribution in [3.8, 4) is 0 Å². The quantitative estimate of drug-likeness (QED) is 0.789. The number of pyridine rings is 1. The fourth-order valence-corrected chi connectivity index (χ4v) is 1.59. The zero-order chi connectivity index (χ0) is 12.9. The van der Waals surface area contributed by atoms with Crippen LogP contribution in [0.1, 0.15) is 32.9 Å². The van der Waals surface area contributed by atoms with E-state index in [1.54, 1.807) is 13.1 Å². The lowest BCUT2D eigenvalue weighted by Gasteiger charge is -2.30. The van der Waals surface area contributed by atoms with E-state index in [0.717, 1.165) is 5.69 Å².